The molecule has 0 heterocycles. The predicted molar refractivity (Wildman–Crippen MR) is 110 cm³/mol. The van der Waals surface area contributed by atoms with Crippen molar-refractivity contribution in [3.8, 4) is 5.75 Å². The van der Waals surface area contributed by atoms with E-state index in [1.807, 2.05) is 54.4 Å². The Labute approximate surface area is 165 Å². The number of urea groups is 1. The average molecular weight is 388 g/mol. The number of phenols is 1. The number of rotatable bonds is 9. The molecule has 3 N–H and O–H groups in total. The number of hydrogen-bond donors (Lipinski definition) is 3. The lowest BCUT2D eigenvalue weighted by Crippen LogP contribution is -2.35. The lowest BCUT2D eigenvalue weighted by atomic mass is 10.1. The molecule has 6 heteroatoms. The van der Waals surface area contributed by atoms with Gasteiger partial charge in [-0.1, -0.05) is 42.5 Å². The molecule has 0 fully saturated rings. The van der Waals surface area contributed by atoms with Gasteiger partial charge in [0.1, 0.15) is 5.75 Å². The van der Waals surface area contributed by atoms with Crippen molar-refractivity contribution in [2.45, 2.75) is 12.8 Å². The number of benzene rings is 2. The topological polar surface area (TPSA) is 64.6 Å². The quantitative estimate of drug-likeness (QED) is 0.577. The van der Waals surface area contributed by atoms with Crippen molar-refractivity contribution in [2.75, 3.05) is 26.0 Å². The number of allylic oxidation sites excluding steroid dienone is 1. The van der Waals surface area contributed by atoms with E-state index < -0.39 is 0 Å². The number of aromatic hydroxyl groups is 1. The minimum absolute atomic E-state index is 0.231. The fourth-order valence-electron chi connectivity index (χ4n) is 2.55. The summed E-state index contributed by atoms with van der Waals surface area (Å²) >= 11 is 5.85. The normalized spacial score (nSPS) is 11.1. The third-order valence-corrected chi connectivity index (χ3v) is 4.31. The zero-order chi connectivity index (χ0) is 19.5. The maximum absolute atomic E-state index is 12.1. The number of nitrogens with zero attached hydrogens (tertiary/aromatic N) is 1. The zero-order valence-corrected chi connectivity index (χ0v) is 16.2. The molecule has 2 aromatic rings. The maximum atomic E-state index is 12.1. The molecule has 0 aromatic heterocycles. The SMILES string of the molecule is CN(CCCl)/C(=C\NC(=O)NCCc1ccccc1)Cc1ccc(O)cc1. The Balaban J connectivity index is 1.90. The van der Waals surface area contributed by atoms with Crippen LogP contribution in [0.25, 0.3) is 0 Å². The monoisotopic (exact) mass is 387 g/mol. The van der Waals surface area contributed by atoms with E-state index in [0.717, 1.165) is 17.7 Å². The zero-order valence-electron chi connectivity index (χ0n) is 15.5. The number of hydrogen-bond acceptors (Lipinski definition) is 3. The first-order valence-corrected chi connectivity index (χ1v) is 9.44. The van der Waals surface area contributed by atoms with Crippen LogP contribution in [0.1, 0.15) is 11.1 Å². The van der Waals surface area contributed by atoms with E-state index in [9.17, 15) is 9.90 Å². The molecule has 0 saturated carbocycles. The van der Waals surface area contributed by atoms with Crippen LogP contribution in [-0.4, -0.2) is 42.1 Å². The van der Waals surface area contributed by atoms with Crippen molar-refractivity contribution < 1.29 is 9.90 Å². The molecule has 144 valence electrons. The van der Waals surface area contributed by atoms with Crippen molar-refractivity contribution in [1.29, 1.82) is 0 Å². The van der Waals surface area contributed by atoms with Crippen LogP contribution in [0.15, 0.2) is 66.5 Å². The third-order valence-electron chi connectivity index (χ3n) is 4.14. The lowest BCUT2D eigenvalue weighted by molar-refractivity contribution is 0.244. The van der Waals surface area contributed by atoms with Crippen LogP contribution < -0.4 is 10.6 Å². The van der Waals surface area contributed by atoms with Gasteiger partial charge in [0.2, 0.25) is 0 Å². The summed E-state index contributed by atoms with van der Waals surface area (Å²) in [6.45, 7) is 1.23. The van der Waals surface area contributed by atoms with E-state index in [1.54, 1.807) is 18.3 Å². The Kier molecular flexibility index (Phi) is 8.52. The maximum Gasteiger partial charge on any atom is 0.318 e. The van der Waals surface area contributed by atoms with Gasteiger partial charge in [0.15, 0.2) is 0 Å². The Hall–Kier alpha value is -2.66. The molecule has 0 radical (unpaired) electrons. The van der Waals surface area contributed by atoms with Crippen LogP contribution in [0, 0.1) is 0 Å². The molecule has 2 amide bonds. The molecule has 5 nitrogen and oxygen atoms in total. The molecule has 0 aliphatic heterocycles. The van der Waals surface area contributed by atoms with E-state index in [4.69, 9.17) is 11.6 Å². The van der Waals surface area contributed by atoms with Crippen LogP contribution in [0.3, 0.4) is 0 Å². The average Bonchev–Trinajstić information content (AvgIpc) is 2.67. The fraction of sp³-hybridized carbons (Fsp3) is 0.286. The highest BCUT2D eigenvalue weighted by Crippen LogP contribution is 2.15. The lowest BCUT2D eigenvalue weighted by Gasteiger charge is -2.22. The number of carbonyl (C=O) groups excluding carboxylic acids is 1. The highest BCUT2D eigenvalue weighted by Gasteiger charge is 2.07. The highest BCUT2D eigenvalue weighted by molar-refractivity contribution is 6.18. The molecular formula is C21H26ClN3O2. The predicted octanol–water partition coefficient (Wildman–Crippen LogP) is 3.49. The van der Waals surface area contributed by atoms with Gasteiger partial charge in [-0.05, 0) is 29.7 Å². The summed E-state index contributed by atoms with van der Waals surface area (Å²) in [4.78, 5) is 14.1. The van der Waals surface area contributed by atoms with Gasteiger partial charge in [0.25, 0.3) is 0 Å². The summed E-state index contributed by atoms with van der Waals surface area (Å²) in [5.74, 6) is 0.724. The van der Waals surface area contributed by atoms with Gasteiger partial charge in [-0.15, -0.1) is 11.6 Å². The number of likely N-dealkylation sites (N-methyl/N-ethyl adjacent to an activating group) is 1. The molecule has 2 aromatic carbocycles. The van der Waals surface area contributed by atoms with Crippen molar-refractivity contribution in [3.63, 3.8) is 0 Å². The van der Waals surface area contributed by atoms with Gasteiger partial charge in [-0.2, -0.15) is 0 Å². The van der Waals surface area contributed by atoms with Crippen molar-refractivity contribution in [2.24, 2.45) is 0 Å². The van der Waals surface area contributed by atoms with Crippen LogP contribution in [0.4, 0.5) is 4.79 Å². The fourth-order valence-corrected chi connectivity index (χ4v) is 2.81. The first-order valence-electron chi connectivity index (χ1n) is 8.91. The Bertz CT molecular complexity index is 733. The molecule has 0 atom stereocenters. The number of nitrogens with one attached hydrogen (secondary N) is 2. The number of halogens is 1. The molecule has 0 aliphatic carbocycles. The molecule has 0 saturated heterocycles. The molecule has 0 bridgehead atoms. The van der Waals surface area contributed by atoms with E-state index in [1.165, 1.54) is 5.56 Å². The molecule has 0 spiro atoms. The number of phenolic OH excluding ortho intramolecular Hbond substituents is 1. The van der Waals surface area contributed by atoms with Gasteiger partial charge in [0, 0.05) is 44.3 Å². The van der Waals surface area contributed by atoms with E-state index in [2.05, 4.69) is 10.6 Å². The summed E-state index contributed by atoms with van der Waals surface area (Å²) in [6, 6.07) is 16.8. The van der Waals surface area contributed by atoms with Crippen LogP contribution in [-0.2, 0) is 12.8 Å². The van der Waals surface area contributed by atoms with E-state index in [-0.39, 0.29) is 11.8 Å². The first-order chi connectivity index (χ1) is 13.1. The number of carbonyl (C=O) groups is 1. The van der Waals surface area contributed by atoms with Crippen molar-refractivity contribution in [3.05, 3.63) is 77.6 Å². The van der Waals surface area contributed by atoms with E-state index >= 15 is 0 Å². The number of alkyl halides is 1. The molecular weight excluding hydrogens is 362 g/mol. The first kappa shape index (κ1) is 20.6. The summed E-state index contributed by atoms with van der Waals surface area (Å²) in [6.07, 6.45) is 3.11. The largest absolute Gasteiger partial charge is 0.508 e. The second-order valence-corrected chi connectivity index (χ2v) is 6.60. The molecule has 0 aliphatic rings. The summed E-state index contributed by atoms with van der Waals surface area (Å²) < 4.78 is 0. The Morgan fingerprint density at radius 1 is 1.11 bits per heavy atom. The van der Waals surface area contributed by atoms with Gasteiger partial charge in [0.05, 0.1) is 0 Å². The number of amides is 2. The summed E-state index contributed by atoms with van der Waals surface area (Å²) in [7, 11) is 1.93. The molecule has 2 rings (SSSR count). The second-order valence-electron chi connectivity index (χ2n) is 6.23. The van der Waals surface area contributed by atoms with Gasteiger partial charge >= 0.3 is 6.03 Å². The Morgan fingerprint density at radius 2 is 1.81 bits per heavy atom. The second kappa shape index (κ2) is 11.1. The van der Waals surface area contributed by atoms with E-state index in [0.29, 0.717) is 25.4 Å². The van der Waals surface area contributed by atoms with Crippen LogP contribution >= 0.6 is 11.6 Å². The summed E-state index contributed by atoms with van der Waals surface area (Å²) in [5.41, 5.74) is 3.15. The minimum Gasteiger partial charge on any atom is -0.508 e. The van der Waals surface area contributed by atoms with Gasteiger partial charge < -0.3 is 20.6 Å². The minimum atomic E-state index is -0.242. The molecule has 0 unspecified atom stereocenters. The summed E-state index contributed by atoms with van der Waals surface area (Å²) in [5, 5.41) is 15.1. The third kappa shape index (κ3) is 7.62. The standard InChI is InChI=1S/C21H26ClN3O2/c1-25(14-12-22)19(15-18-7-9-20(26)10-8-18)16-24-21(27)23-13-11-17-5-3-2-4-6-17/h2-10,16,26H,11-15H2,1H3,(H2,23,24,27)/b19-16-. The van der Waals surface area contributed by atoms with Gasteiger partial charge in [-0.3, -0.25) is 0 Å². The Morgan fingerprint density at radius 3 is 2.48 bits per heavy atom. The highest BCUT2D eigenvalue weighted by atomic mass is 35.5. The van der Waals surface area contributed by atoms with Crippen LogP contribution in [0.2, 0.25) is 0 Å². The smallest absolute Gasteiger partial charge is 0.318 e. The van der Waals surface area contributed by atoms with Crippen LogP contribution in [0.5, 0.6) is 5.75 Å². The van der Waals surface area contributed by atoms with Gasteiger partial charge in [-0.25, -0.2) is 4.79 Å². The molecule has 27 heavy (non-hydrogen) atoms. The van der Waals surface area contributed by atoms with Crippen molar-refractivity contribution in [1.82, 2.24) is 15.5 Å². The van der Waals surface area contributed by atoms with Crippen molar-refractivity contribution >= 4 is 17.6 Å².